The predicted octanol–water partition coefficient (Wildman–Crippen LogP) is 0.533. The molecule has 0 bridgehead atoms. The van der Waals surface area contributed by atoms with E-state index in [9.17, 15) is 23.9 Å². The maximum atomic E-state index is 13.2. The number of nitrogens with one attached hydrogen (secondary N) is 1. The van der Waals surface area contributed by atoms with Gasteiger partial charge in [0.25, 0.3) is 11.8 Å². The molecule has 7 nitrogen and oxygen atoms in total. The smallest absolute Gasteiger partial charge is 0.305 e. The lowest BCUT2D eigenvalue weighted by Crippen LogP contribution is -2.52. The molecule has 9 heteroatoms. The zero-order chi connectivity index (χ0) is 17.9. The van der Waals surface area contributed by atoms with Crippen molar-refractivity contribution < 1.29 is 29.0 Å². The van der Waals surface area contributed by atoms with E-state index in [-0.39, 0.29) is 37.5 Å². The van der Waals surface area contributed by atoms with Crippen LogP contribution in [0.3, 0.4) is 0 Å². The minimum Gasteiger partial charge on any atom is -0.481 e. The Morgan fingerprint density at radius 3 is 2.71 bits per heavy atom. The van der Waals surface area contributed by atoms with Gasteiger partial charge in [-0.15, -0.1) is 0 Å². The Morgan fingerprint density at radius 2 is 2.08 bits per heavy atom. The summed E-state index contributed by atoms with van der Waals surface area (Å²) in [5, 5.41) is 21.5. The number of likely N-dealkylation sites (tertiary alicyclic amines) is 1. The molecule has 0 aliphatic carbocycles. The van der Waals surface area contributed by atoms with Gasteiger partial charge < -0.3 is 20.4 Å². The lowest BCUT2D eigenvalue weighted by atomic mass is 10.0. The summed E-state index contributed by atoms with van der Waals surface area (Å²) in [5.41, 5.74) is -1.86. The Labute approximate surface area is 142 Å². The number of hydrogen-bond donors (Lipinski definition) is 3. The number of aliphatic hydroxyl groups is 1. The summed E-state index contributed by atoms with van der Waals surface area (Å²) in [5.74, 6) is -3.39. The first-order valence-electron chi connectivity index (χ1n) is 7.19. The monoisotopic (exact) mass is 358 g/mol. The van der Waals surface area contributed by atoms with E-state index in [4.69, 9.17) is 16.7 Å². The van der Waals surface area contributed by atoms with Crippen molar-refractivity contribution in [2.75, 3.05) is 13.1 Å². The van der Waals surface area contributed by atoms with Gasteiger partial charge in [-0.25, -0.2) is 4.39 Å². The van der Waals surface area contributed by atoms with Gasteiger partial charge in [0, 0.05) is 31.1 Å². The fraction of sp³-hybridized carbons (Fsp3) is 0.400. The number of halogens is 2. The topological polar surface area (TPSA) is 107 Å². The van der Waals surface area contributed by atoms with E-state index in [2.05, 4.69) is 5.32 Å². The summed E-state index contributed by atoms with van der Waals surface area (Å²) >= 11 is 5.71. The molecule has 1 heterocycles. The van der Waals surface area contributed by atoms with Crippen LogP contribution in [0.25, 0.3) is 0 Å². The van der Waals surface area contributed by atoms with Crippen LogP contribution in [0.15, 0.2) is 18.2 Å². The van der Waals surface area contributed by atoms with Gasteiger partial charge in [-0.3, -0.25) is 14.4 Å². The number of aliphatic carboxylic acids is 1. The number of nitrogens with zero attached hydrogens (tertiary/aromatic N) is 1. The minimum atomic E-state index is -2.24. The average molecular weight is 359 g/mol. The highest BCUT2D eigenvalue weighted by Crippen LogP contribution is 2.24. The Balaban J connectivity index is 1.98. The molecule has 1 atom stereocenters. The summed E-state index contributed by atoms with van der Waals surface area (Å²) in [6.07, 6.45) is -0.410. The molecule has 0 radical (unpaired) electrons. The zero-order valence-corrected chi connectivity index (χ0v) is 13.3. The van der Waals surface area contributed by atoms with Crippen LogP contribution >= 0.6 is 11.6 Å². The van der Waals surface area contributed by atoms with E-state index in [1.165, 1.54) is 12.1 Å². The molecular formula is C15H16ClFN2O5. The Morgan fingerprint density at radius 1 is 1.38 bits per heavy atom. The van der Waals surface area contributed by atoms with E-state index in [1.807, 2.05) is 0 Å². The summed E-state index contributed by atoms with van der Waals surface area (Å²) in [6.45, 7) is -0.105. The molecule has 1 fully saturated rings. The van der Waals surface area contributed by atoms with Crippen LogP contribution in [-0.2, 0) is 20.9 Å². The normalized spacial score (nSPS) is 20.3. The number of hydrogen-bond acceptors (Lipinski definition) is 4. The Bertz CT molecular complexity index is 664. The van der Waals surface area contributed by atoms with Gasteiger partial charge in [0.15, 0.2) is 0 Å². The molecule has 1 aromatic carbocycles. The van der Waals surface area contributed by atoms with Crippen LogP contribution in [0.1, 0.15) is 18.4 Å². The fourth-order valence-corrected chi connectivity index (χ4v) is 2.71. The largest absolute Gasteiger partial charge is 0.481 e. The van der Waals surface area contributed by atoms with Gasteiger partial charge >= 0.3 is 5.97 Å². The highest BCUT2D eigenvalue weighted by atomic mass is 35.5. The van der Waals surface area contributed by atoms with Crippen molar-refractivity contribution in [3.8, 4) is 0 Å². The number of carboxylic acids is 1. The molecule has 1 unspecified atom stereocenters. The third-order valence-corrected chi connectivity index (χ3v) is 3.95. The molecule has 0 saturated carbocycles. The average Bonchev–Trinajstić information content (AvgIpc) is 2.78. The van der Waals surface area contributed by atoms with Crippen LogP contribution in [0, 0.1) is 5.82 Å². The molecule has 2 rings (SSSR count). The highest BCUT2D eigenvalue weighted by Gasteiger charge is 2.51. The molecular weight excluding hydrogens is 343 g/mol. The highest BCUT2D eigenvalue weighted by molar-refractivity contribution is 6.30. The van der Waals surface area contributed by atoms with Crippen LogP contribution in [0.5, 0.6) is 0 Å². The summed E-state index contributed by atoms with van der Waals surface area (Å²) in [7, 11) is 0. The van der Waals surface area contributed by atoms with Crippen molar-refractivity contribution >= 4 is 29.4 Å². The molecule has 3 N–H and O–H groups in total. The third kappa shape index (κ3) is 4.01. The van der Waals surface area contributed by atoms with Gasteiger partial charge in [-0.2, -0.15) is 0 Å². The van der Waals surface area contributed by atoms with Crippen LogP contribution < -0.4 is 5.32 Å². The second kappa shape index (κ2) is 7.14. The number of carbonyl (C=O) groups excluding carboxylic acids is 2. The Kier molecular flexibility index (Phi) is 5.40. The molecule has 0 spiro atoms. The molecule has 0 aromatic heterocycles. The predicted molar refractivity (Wildman–Crippen MR) is 81.7 cm³/mol. The molecule has 1 aliphatic rings. The number of rotatable bonds is 6. The van der Waals surface area contributed by atoms with E-state index in [0.717, 1.165) is 11.0 Å². The van der Waals surface area contributed by atoms with Crippen LogP contribution in [-0.4, -0.2) is 51.6 Å². The van der Waals surface area contributed by atoms with Gasteiger partial charge in [0.1, 0.15) is 5.82 Å². The maximum Gasteiger partial charge on any atom is 0.305 e. The standard InChI is InChI=1S/C15H16ClFN2O5/c16-10-5-9(6-11(17)7-10)8-18-13(22)15(24)2-4-19(14(15)23)3-1-12(20)21/h5-7,24H,1-4,8H2,(H,18,22)(H,20,21). The quantitative estimate of drug-likeness (QED) is 0.643. The van der Waals surface area contributed by atoms with Crippen molar-refractivity contribution in [3.63, 3.8) is 0 Å². The van der Waals surface area contributed by atoms with Crippen LogP contribution in [0.2, 0.25) is 5.02 Å². The number of carboxylic acid groups (broad SMARTS) is 1. The van der Waals surface area contributed by atoms with Crippen molar-refractivity contribution in [1.82, 2.24) is 10.2 Å². The van der Waals surface area contributed by atoms with E-state index in [1.54, 1.807) is 0 Å². The van der Waals surface area contributed by atoms with E-state index < -0.39 is 29.2 Å². The summed E-state index contributed by atoms with van der Waals surface area (Å²) in [4.78, 5) is 36.0. The van der Waals surface area contributed by atoms with Crippen LogP contribution in [0.4, 0.5) is 4.39 Å². The SMILES string of the molecule is O=C(O)CCN1CCC(O)(C(=O)NCc2cc(F)cc(Cl)c2)C1=O. The number of carbonyl (C=O) groups is 3. The van der Waals surface area contributed by atoms with Crippen molar-refractivity contribution in [2.45, 2.75) is 25.0 Å². The van der Waals surface area contributed by atoms with E-state index in [0.29, 0.717) is 5.56 Å². The summed E-state index contributed by atoms with van der Waals surface area (Å²) < 4.78 is 13.2. The van der Waals surface area contributed by atoms with Crippen molar-refractivity contribution in [1.29, 1.82) is 0 Å². The number of benzene rings is 1. The molecule has 1 saturated heterocycles. The lowest BCUT2D eigenvalue weighted by Gasteiger charge is -2.21. The van der Waals surface area contributed by atoms with Gasteiger partial charge in [0.05, 0.1) is 6.42 Å². The number of amides is 2. The maximum absolute atomic E-state index is 13.2. The van der Waals surface area contributed by atoms with Gasteiger partial charge in [0.2, 0.25) is 5.60 Å². The first-order chi connectivity index (χ1) is 11.2. The molecule has 1 aromatic rings. The molecule has 1 aliphatic heterocycles. The molecule has 130 valence electrons. The summed E-state index contributed by atoms with van der Waals surface area (Å²) in [6, 6.07) is 3.73. The van der Waals surface area contributed by atoms with Gasteiger partial charge in [-0.05, 0) is 23.8 Å². The lowest BCUT2D eigenvalue weighted by molar-refractivity contribution is -0.154. The second-order valence-corrected chi connectivity index (χ2v) is 5.94. The molecule has 2 amide bonds. The van der Waals surface area contributed by atoms with Gasteiger partial charge in [-0.1, -0.05) is 11.6 Å². The fourth-order valence-electron chi connectivity index (χ4n) is 2.46. The van der Waals surface area contributed by atoms with E-state index >= 15 is 0 Å². The zero-order valence-electron chi connectivity index (χ0n) is 12.6. The second-order valence-electron chi connectivity index (χ2n) is 5.51. The first kappa shape index (κ1) is 18.2. The molecule has 24 heavy (non-hydrogen) atoms. The van der Waals surface area contributed by atoms with Crippen molar-refractivity contribution in [2.24, 2.45) is 0 Å². The third-order valence-electron chi connectivity index (χ3n) is 3.73. The van der Waals surface area contributed by atoms with Crippen molar-refractivity contribution in [3.05, 3.63) is 34.6 Å². The first-order valence-corrected chi connectivity index (χ1v) is 7.57. The Hall–Kier alpha value is -2.19. The minimum absolute atomic E-state index is 0.0801.